The van der Waals surface area contributed by atoms with Crippen molar-refractivity contribution in [3.8, 4) is 0 Å². The van der Waals surface area contributed by atoms with E-state index >= 15 is 0 Å². The summed E-state index contributed by atoms with van der Waals surface area (Å²) >= 11 is 0. The van der Waals surface area contributed by atoms with Crippen LogP contribution in [0.2, 0.25) is 0 Å². The highest BCUT2D eigenvalue weighted by molar-refractivity contribution is 5.97. The summed E-state index contributed by atoms with van der Waals surface area (Å²) in [6.45, 7) is 7.31. The maximum atomic E-state index is 12.6. The van der Waals surface area contributed by atoms with Crippen LogP contribution in [0.1, 0.15) is 49.0 Å². The molecule has 6 nitrogen and oxygen atoms in total. The molecule has 1 atom stereocenters. The second kappa shape index (κ2) is 9.36. The first-order chi connectivity index (χ1) is 12.4. The summed E-state index contributed by atoms with van der Waals surface area (Å²) < 4.78 is 0. The summed E-state index contributed by atoms with van der Waals surface area (Å²) in [6.07, 6.45) is 2.25. The number of carbonyl (C=O) groups excluding carboxylic acids is 3. The second-order valence-electron chi connectivity index (χ2n) is 6.96. The molecule has 142 valence electrons. The van der Waals surface area contributed by atoms with Crippen molar-refractivity contribution in [1.82, 2.24) is 15.5 Å². The minimum Gasteiger partial charge on any atom is -0.354 e. The molecule has 0 spiro atoms. The summed E-state index contributed by atoms with van der Waals surface area (Å²) in [4.78, 5) is 38.6. The highest BCUT2D eigenvalue weighted by Gasteiger charge is 2.33. The van der Waals surface area contributed by atoms with Crippen LogP contribution >= 0.6 is 0 Å². The average Bonchev–Trinajstić information content (AvgIpc) is 2.64. The Labute approximate surface area is 155 Å². The van der Waals surface area contributed by atoms with Gasteiger partial charge in [-0.05, 0) is 44.2 Å². The van der Waals surface area contributed by atoms with Crippen LogP contribution in [-0.4, -0.2) is 48.3 Å². The topological polar surface area (TPSA) is 78.5 Å². The standard InChI is InChI=1S/C20H29N3O3/c1-4-10-21-20(26)18(16-8-11-23(12-9-16)15(3)24)22-19(25)17-7-5-6-14(2)13-17/h5-7,13,16,18H,4,8-12H2,1-3H3,(H,21,26)(H,22,25). The number of hydrogen-bond donors (Lipinski definition) is 2. The Bertz CT molecular complexity index is 651. The number of nitrogens with zero attached hydrogens (tertiary/aromatic N) is 1. The quantitative estimate of drug-likeness (QED) is 0.814. The summed E-state index contributed by atoms with van der Waals surface area (Å²) in [5, 5.41) is 5.83. The van der Waals surface area contributed by atoms with Gasteiger partial charge in [-0.1, -0.05) is 24.6 Å². The van der Waals surface area contributed by atoms with Crippen molar-refractivity contribution in [3.05, 3.63) is 35.4 Å². The lowest BCUT2D eigenvalue weighted by atomic mass is 9.88. The molecule has 1 aromatic rings. The average molecular weight is 359 g/mol. The molecular weight excluding hydrogens is 330 g/mol. The Morgan fingerprint density at radius 1 is 1.23 bits per heavy atom. The van der Waals surface area contributed by atoms with E-state index in [1.807, 2.05) is 32.0 Å². The molecule has 1 aliphatic heterocycles. The fourth-order valence-corrected chi connectivity index (χ4v) is 3.31. The number of benzene rings is 1. The molecule has 0 aromatic heterocycles. The van der Waals surface area contributed by atoms with Crippen LogP contribution in [0.15, 0.2) is 24.3 Å². The van der Waals surface area contributed by atoms with E-state index in [9.17, 15) is 14.4 Å². The molecule has 0 aliphatic carbocycles. The first-order valence-electron chi connectivity index (χ1n) is 9.33. The number of rotatable bonds is 6. The van der Waals surface area contributed by atoms with E-state index in [0.29, 0.717) is 38.0 Å². The zero-order valence-corrected chi connectivity index (χ0v) is 15.9. The van der Waals surface area contributed by atoms with Crippen LogP contribution < -0.4 is 10.6 Å². The van der Waals surface area contributed by atoms with Crippen molar-refractivity contribution >= 4 is 17.7 Å². The molecule has 1 heterocycles. The Hall–Kier alpha value is -2.37. The third-order valence-electron chi connectivity index (χ3n) is 4.85. The highest BCUT2D eigenvalue weighted by atomic mass is 16.2. The van der Waals surface area contributed by atoms with Gasteiger partial charge in [0.1, 0.15) is 6.04 Å². The van der Waals surface area contributed by atoms with E-state index in [4.69, 9.17) is 0 Å². The van der Waals surface area contributed by atoms with Gasteiger partial charge in [0.15, 0.2) is 0 Å². The monoisotopic (exact) mass is 359 g/mol. The van der Waals surface area contributed by atoms with Crippen molar-refractivity contribution in [1.29, 1.82) is 0 Å². The zero-order valence-electron chi connectivity index (χ0n) is 15.9. The molecule has 0 bridgehead atoms. The largest absolute Gasteiger partial charge is 0.354 e. The number of amides is 3. The molecule has 1 saturated heterocycles. The molecule has 1 fully saturated rings. The van der Waals surface area contributed by atoms with Crippen molar-refractivity contribution in [2.45, 2.75) is 46.1 Å². The van der Waals surface area contributed by atoms with Gasteiger partial charge in [0.05, 0.1) is 0 Å². The summed E-state index contributed by atoms with van der Waals surface area (Å²) in [7, 11) is 0. The van der Waals surface area contributed by atoms with Gasteiger partial charge < -0.3 is 15.5 Å². The smallest absolute Gasteiger partial charge is 0.251 e. The summed E-state index contributed by atoms with van der Waals surface area (Å²) in [6, 6.07) is 6.75. The van der Waals surface area contributed by atoms with Gasteiger partial charge in [-0.15, -0.1) is 0 Å². The number of nitrogens with one attached hydrogen (secondary N) is 2. The van der Waals surface area contributed by atoms with Gasteiger partial charge in [0.25, 0.3) is 5.91 Å². The number of carbonyl (C=O) groups is 3. The lowest BCUT2D eigenvalue weighted by Crippen LogP contribution is -2.53. The summed E-state index contributed by atoms with van der Waals surface area (Å²) in [5.74, 6) is -0.302. The van der Waals surface area contributed by atoms with Gasteiger partial charge in [-0.2, -0.15) is 0 Å². The van der Waals surface area contributed by atoms with Gasteiger partial charge in [-0.3, -0.25) is 14.4 Å². The van der Waals surface area contributed by atoms with Crippen LogP contribution in [0.5, 0.6) is 0 Å². The maximum Gasteiger partial charge on any atom is 0.251 e. The lowest BCUT2D eigenvalue weighted by molar-refractivity contribution is -0.130. The molecule has 26 heavy (non-hydrogen) atoms. The van der Waals surface area contributed by atoms with Gasteiger partial charge >= 0.3 is 0 Å². The van der Waals surface area contributed by atoms with Gasteiger partial charge in [0.2, 0.25) is 11.8 Å². The number of likely N-dealkylation sites (tertiary alicyclic amines) is 1. The van der Waals surface area contributed by atoms with E-state index in [-0.39, 0.29) is 23.6 Å². The van der Waals surface area contributed by atoms with Crippen molar-refractivity contribution in [3.63, 3.8) is 0 Å². The van der Waals surface area contributed by atoms with Crippen LogP contribution in [0.25, 0.3) is 0 Å². The van der Waals surface area contributed by atoms with E-state index in [1.165, 1.54) is 0 Å². The summed E-state index contributed by atoms with van der Waals surface area (Å²) in [5.41, 5.74) is 1.55. The third-order valence-corrected chi connectivity index (χ3v) is 4.85. The molecule has 0 saturated carbocycles. The maximum absolute atomic E-state index is 12.6. The molecule has 1 unspecified atom stereocenters. The van der Waals surface area contributed by atoms with Crippen molar-refractivity contribution < 1.29 is 14.4 Å². The molecule has 2 rings (SSSR count). The number of hydrogen-bond acceptors (Lipinski definition) is 3. The zero-order chi connectivity index (χ0) is 19.1. The van der Waals surface area contributed by atoms with Gasteiger partial charge in [-0.25, -0.2) is 0 Å². The van der Waals surface area contributed by atoms with E-state index in [0.717, 1.165) is 12.0 Å². The minimum atomic E-state index is -0.580. The molecule has 3 amide bonds. The first-order valence-corrected chi connectivity index (χ1v) is 9.33. The third kappa shape index (κ3) is 5.31. The Balaban J connectivity index is 2.09. The van der Waals surface area contributed by atoms with Crippen molar-refractivity contribution in [2.75, 3.05) is 19.6 Å². The van der Waals surface area contributed by atoms with E-state index < -0.39 is 6.04 Å². The Morgan fingerprint density at radius 3 is 2.50 bits per heavy atom. The van der Waals surface area contributed by atoms with Crippen LogP contribution in [0.3, 0.4) is 0 Å². The number of piperidine rings is 1. The van der Waals surface area contributed by atoms with E-state index in [2.05, 4.69) is 10.6 Å². The predicted octanol–water partition coefficient (Wildman–Crippen LogP) is 1.88. The molecule has 1 aromatic carbocycles. The van der Waals surface area contributed by atoms with Crippen LogP contribution in [0.4, 0.5) is 0 Å². The Morgan fingerprint density at radius 2 is 1.92 bits per heavy atom. The molecular formula is C20H29N3O3. The normalized spacial score (nSPS) is 16.0. The first kappa shape index (κ1) is 19.9. The highest BCUT2D eigenvalue weighted by Crippen LogP contribution is 2.21. The fraction of sp³-hybridized carbons (Fsp3) is 0.550. The lowest BCUT2D eigenvalue weighted by Gasteiger charge is -2.35. The van der Waals surface area contributed by atoms with Crippen LogP contribution in [0, 0.1) is 12.8 Å². The van der Waals surface area contributed by atoms with Gasteiger partial charge in [0, 0.05) is 32.1 Å². The predicted molar refractivity (Wildman–Crippen MR) is 101 cm³/mol. The fourth-order valence-electron chi connectivity index (χ4n) is 3.31. The molecule has 2 N–H and O–H groups in total. The molecule has 6 heteroatoms. The SMILES string of the molecule is CCCNC(=O)C(NC(=O)c1cccc(C)c1)C1CCN(C(C)=O)CC1. The molecule has 1 aliphatic rings. The number of aryl methyl sites for hydroxylation is 1. The van der Waals surface area contributed by atoms with Crippen LogP contribution in [-0.2, 0) is 9.59 Å². The second-order valence-corrected chi connectivity index (χ2v) is 6.96. The van der Waals surface area contributed by atoms with E-state index in [1.54, 1.807) is 17.9 Å². The molecule has 0 radical (unpaired) electrons. The van der Waals surface area contributed by atoms with Crippen molar-refractivity contribution in [2.24, 2.45) is 5.92 Å². The minimum absolute atomic E-state index is 0.0243. The Kier molecular flexibility index (Phi) is 7.18.